The van der Waals surface area contributed by atoms with Crippen LogP contribution in [-0.4, -0.2) is 11.2 Å². The highest BCUT2D eigenvalue weighted by atomic mass is 35.5. The Balaban J connectivity index is 2.08. The minimum Gasteiger partial charge on any atom is -0.324 e. The Morgan fingerprint density at radius 1 is 1.29 bits per heavy atom. The molecule has 0 radical (unpaired) electrons. The average molecular weight is 317 g/mol. The summed E-state index contributed by atoms with van der Waals surface area (Å²) in [4.78, 5) is 12.2. The highest BCUT2D eigenvalue weighted by Gasteiger charge is 2.16. The third-order valence-electron chi connectivity index (χ3n) is 2.93. The molecule has 0 heterocycles. The number of nitrogens with zero attached hydrogens (tertiary/aromatic N) is 1. The molecule has 0 aromatic heterocycles. The SMILES string of the molecule is N#Cc1ccc(Cl)cc1NC(=O)C(S)Cc1ccccc1. The highest BCUT2D eigenvalue weighted by Crippen LogP contribution is 2.21. The molecule has 1 atom stereocenters. The molecule has 21 heavy (non-hydrogen) atoms. The normalized spacial score (nSPS) is 11.5. The van der Waals surface area contributed by atoms with Gasteiger partial charge >= 0.3 is 0 Å². The summed E-state index contributed by atoms with van der Waals surface area (Å²) in [6.07, 6.45) is 0.512. The second kappa shape index (κ2) is 7.16. The van der Waals surface area contributed by atoms with Gasteiger partial charge in [0.1, 0.15) is 6.07 Å². The fourth-order valence-corrected chi connectivity index (χ4v) is 2.31. The lowest BCUT2D eigenvalue weighted by Gasteiger charge is -2.13. The number of nitriles is 1. The molecule has 0 saturated carbocycles. The molecule has 2 aromatic carbocycles. The van der Waals surface area contributed by atoms with Crippen LogP contribution in [0.15, 0.2) is 48.5 Å². The Labute approximate surface area is 134 Å². The number of benzene rings is 2. The van der Waals surface area contributed by atoms with E-state index in [2.05, 4.69) is 17.9 Å². The van der Waals surface area contributed by atoms with Crippen LogP contribution in [-0.2, 0) is 11.2 Å². The number of hydrogen-bond donors (Lipinski definition) is 2. The van der Waals surface area contributed by atoms with Gasteiger partial charge in [-0.1, -0.05) is 41.9 Å². The maximum atomic E-state index is 12.2. The molecule has 0 aliphatic heterocycles. The molecule has 1 N–H and O–H groups in total. The highest BCUT2D eigenvalue weighted by molar-refractivity contribution is 7.81. The molecule has 0 bridgehead atoms. The summed E-state index contributed by atoms with van der Waals surface area (Å²) >= 11 is 10.2. The molecular formula is C16H13ClN2OS. The van der Waals surface area contributed by atoms with Crippen molar-refractivity contribution >= 4 is 35.8 Å². The number of amides is 1. The number of carbonyl (C=O) groups excluding carboxylic acids is 1. The number of anilines is 1. The molecular weight excluding hydrogens is 304 g/mol. The Bertz CT molecular complexity index is 682. The van der Waals surface area contributed by atoms with Crippen LogP contribution in [0.3, 0.4) is 0 Å². The topological polar surface area (TPSA) is 52.9 Å². The van der Waals surface area contributed by atoms with Gasteiger partial charge in [0.05, 0.1) is 16.5 Å². The second-order valence-electron chi connectivity index (χ2n) is 4.50. The van der Waals surface area contributed by atoms with Crippen molar-refractivity contribution in [3.8, 4) is 6.07 Å². The molecule has 0 spiro atoms. The number of nitrogens with one attached hydrogen (secondary N) is 1. The van der Waals surface area contributed by atoms with Crippen LogP contribution in [0, 0.1) is 11.3 Å². The zero-order valence-corrected chi connectivity index (χ0v) is 12.7. The van der Waals surface area contributed by atoms with Gasteiger partial charge in [-0.2, -0.15) is 17.9 Å². The summed E-state index contributed by atoms with van der Waals surface area (Å²) in [5.74, 6) is -0.263. The van der Waals surface area contributed by atoms with E-state index in [9.17, 15) is 4.79 Å². The standard InChI is InChI=1S/C16H13ClN2OS/c17-13-7-6-12(10-18)14(9-13)19-16(20)15(21)8-11-4-2-1-3-5-11/h1-7,9,15,21H,8H2,(H,19,20). The van der Waals surface area contributed by atoms with Crippen molar-refractivity contribution in [2.75, 3.05) is 5.32 Å². The Kier molecular flexibility index (Phi) is 5.26. The van der Waals surface area contributed by atoms with Crippen molar-refractivity contribution in [2.24, 2.45) is 0 Å². The molecule has 1 amide bonds. The van der Waals surface area contributed by atoms with E-state index >= 15 is 0 Å². The lowest BCUT2D eigenvalue weighted by molar-refractivity contribution is -0.115. The van der Waals surface area contributed by atoms with E-state index in [-0.39, 0.29) is 5.91 Å². The van der Waals surface area contributed by atoms with Crippen molar-refractivity contribution in [3.63, 3.8) is 0 Å². The van der Waals surface area contributed by atoms with Crippen molar-refractivity contribution in [1.29, 1.82) is 5.26 Å². The first kappa shape index (κ1) is 15.4. The second-order valence-corrected chi connectivity index (χ2v) is 5.56. The van der Waals surface area contributed by atoms with Gasteiger partial charge in [-0.15, -0.1) is 0 Å². The number of carbonyl (C=O) groups is 1. The molecule has 106 valence electrons. The number of rotatable bonds is 4. The van der Waals surface area contributed by atoms with Gasteiger partial charge in [-0.3, -0.25) is 4.79 Å². The lowest BCUT2D eigenvalue weighted by atomic mass is 10.1. The van der Waals surface area contributed by atoms with E-state index < -0.39 is 5.25 Å². The molecule has 0 saturated heterocycles. The first-order valence-electron chi connectivity index (χ1n) is 6.32. The Hall–Kier alpha value is -1.96. The van der Waals surface area contributed by atoms with Gasteiger partial charge in [-0.25, -0.2) is 0 Å². The third-order valence-corrected chi connectivity index (χ3v) is 3.59. The Morgan fingerprint density at radius 2 is 2.00 bits per heavy atom. The minimum absolute atomic E-state index is 0.263. The number of thiol groups is 1. The van der Waals surface area contributed by atoms with Crippen LogP contribution in [0.1, 0.15) is 11.1 Å². The summed E-state index contributed by atoms with van der Waals surface area (Å²) in [6.45, 7) is 0. The molecule has 3 nitrogen and oxygen atoms in total. The van der Waals surface area contributed by atoms with Crippen molar-refractivity contribution < 1.29 is 4.79 Å². The van der Waals surface area contributed by atoms with E-state index in [1.54, 1.807) is 18.2 Å². The maximum absolute atomic E-state index is 12.2. The van der Waals surface area contributed by atoms with Crippen molar-refractivity contribution in [2.45, 2.75) is 11.7 Å². The molecule has 0 fully saturated rings. The van der Waals surface area contributed by atoms with Gasteiger partial charge < -0.3 is 5.32 Å². The number of halogens is 1. The molecule has 1 unspecified atom stereocenters. The fraction of sp³-hybridized carbons (Fsp3) is 0.125. The average Bonchev–Trinajstić information content (AvgIpc) is 2.48. The third kappa shape index (κ3) is 4.25. The van der Waals surface area contributed by atoms with Gasteiger partial charge in [0.25, 0.3) is 0 Å². The fourth-order valence-electron chi connectivity index (χ4n) is 1.86. The molecule has 0 aliphatic rings. The molecule has 2 rings (SSSR count). The van der Waals surface area contributed by atoms with Gasteiger partial charge in [0, 0.05) is 5.02 Å². The molecule has 2 aromatic rings. The number of hydrogen-bond acceptors (Lipinski definition) is 3. The smallest absolute Gasteiger partial charge is 0.237 e. The van der Waals surface area contributed by atoms with Crippen LogP contribution >= 0.6 is 24.2 Å². The van der Waals surface area contributed by atoms with Crippen LogP contribution < -0.4 is 5.32 Å². The minimum atomic E-state index is -0.502. The van der Waals surface area contributed by atoms with Crippen molar-refractivity contribution in [1.82, 2.24) is 0 Å². The molecule has 5 heteroatoms. The largest absolute Gasteiger partial charge is 0.324 e. The Morgan fingerprint density at radius 3 is 2.67 bits per heavy atom. The first-order valence-corrected chi connectivity index (χ1v) is 7.22. The summed E-state index contributed by atoms with van der Waals surface area (Å²) < 4.78 is 0. The summed E-state index contributed by atoms with van der Waals surface area (Å²) in [7, 11) is 0. The summed E-state index contributed by atoms with van der Waals surface area (Å²) in [5.41, 5.74) is 1.80. The lowest BCUT2D eigenvalue weighted by Crippen LogP contribution is -2.25. The predicted molar refractivity (Wildman–Crippen MR) is 87.7 cm³/mol. The van der Waals surface area contributed by atoms with E-state index in [1.807, 2.05) is 36.4 Å². The van der Waals surface area contributed by atoms with Gasteiger partial charge in [0.2, 0.25) is 5.91 Å². The zero-order chi connectivity index (χ0) is 15.2. The quantitative estimate of drug-likeness (QED) is 0.845. The van der Waals surface area contributed by atoms with Crippen LogP contribution in [0.25, 0.3) is 0 Å². The summed E-state index contributed by atoms with van der Waals surface area (Å²) in [5, 5.41) is 11.7. The predicted octanol–water partition coefficient (Wildman–Crippen LogP) is 3.69. The maximum Gasteiger partial charge on any atom is 0.237 e. The van der Waals surface area contributed by atoms with Crippen LogP contribution in [0.2, 0.25) is 5.02 Å². The summed E-state index contributed by atoms with van der Waals surface area (Å²) in [6, 6.07) is 16.4. The van der Waals surface area contributed by atoms with Gasteiger partial charge in [0.15, 0.2) is 0 Å². The van der Waals surface area contributed by atoms with E-state index in [0.717, 1.165) is 5.56 Å². The van der Waals surface area contributed by atoms with E-state index in [4.69, 9.17) is 16.9 Å². The zero-order valence-electron chi connectivity index (χ0n) is 11.1. The van der Waals surface area contributed by atoms with Gasteiger partial charge in [-0.05, 0) is 30.2 Å². The van der Waals surface area contributed by atoms with Crippen LogP contribution in [0.5, 0.6) is 0 Å². The van der Waals surface area contributed by atoms with E-state index in [1.165, 1.54) is 0 Å². The first-order chi connectivity index (χ1) is 10.1. The van der Waals surface area contributed by atoms with E-state index in [0.29, 0.717) is 22.7 Å². The van der Waals surface area contributed by atoms with Crippen molar-refractivity contribution in [3.05, 3.63) is 64.7 Å². The van der Waals surface area contributed by atoms with Crippen LogP contribution in [0.4, 0.5) is 5.69 Å². The monoisotopic (exact) mass is 316 g/mol. The molecule has 0 aliphatic carbocycles.